The first-order chi connectivity index (χ1) is 9.70. The molecule has 0 aliphatic carbocycles. The lowest BCUT2D eigenvalue weighted by Gasteiger charge is -2.17. The number of ether oxygens (including phenoxy) is 1. The fraction of sp³-hybridized carbons (Fsp3) is 0.294. The predicted molar refractivity (Wildman–Crippen MR) is 84.6 cm³/mol. The molecule has 1 atom stereocenters. The van der Waals surface area contributed by atoms with Crippen LogP contribution < -0.4 is 10.1 Å². The van der Waals surface area contributed by atoms with Gasteiger partial charge in [-0.15, -0.1) is 0 Å². The van der Waals surface area contributed by atoms with E-state index in [1.165, 1.54) is 5.56 Å². The van der Waals surface area contributed by atoms with Gasteiger partial charge in [0.1, 0.15) is 5.75 Å². The Morgan fingerprint density at radius 2 is 1.90 bits per heavy atom. The quantitative estimate of drug-likeness (QED) is 0.859. The molecule has 0 aromatic heterocycles. The van der Waals surface area contributed by atoms with Gasteiger partial charge in [-0.25, -0.2) is 0 Å². The van der Waals surface area contributed by atoms with Gasteiger partial charge in [-0.2, -0.15) is 0 Å². The van der Waals surface area contributed by atoms with Crippen molar-refractivity contribution in [3.05, 3.63) is 64.7 Å². The minimum Gasteiger partial charge on any atom is -0.493 e. The fourth-order valence-corrected chi connectivity index (χ4v) is 2.25. The van der Waals surface area contributed by atoms with Crippen molar-refractivity contribution in [2.45, 2.75) is 19.4 Å². The lowest BCUT2D eigenvalue weighted by Crippen LogP contribution is -2.14. The first kappa shape index (κ1) is 14.9. The van der Waals surface area contributed by atoms with Gasteiger partial charge in [-0.1, -0.05) is 41.9 Å². The molecule has 2 aromatic carbocycles. The van der Waals surface area contributed by atoms with E-state index in [1.807, 2.05) is 43.4 Å². The number of halogens is 1. The Balaban J connectivity index is 2.02. The van der Waals surface area contributed by atoms with Crippen molar-refractivity contribution in [1.82, 2.24) is 5.32 Å². The summed E-state index contributed by atoms with van der Waals surface area (Å²) in [6, 6.07) is 16.3. The molecule has 0 bridgehead atoms. The molecule has 2 rings (SSSR count). The molecule has 0 spiro atoms. The van der Waals surface area contributed by atoms with E-state index in [9.17, 15) is 0 Å². The summed E-state index contributed by atoms with van der Waals surface area (Å²) in [6.45, 7) is 2.75. The predicted octanol–water partition coefficient (Wildman–Crippen LogP) is 4.24. The Morgan fingerprint density at radius 1 is 1.15 bits per heavy atom. The minimum atomic E-state index is 0.209. The lowest BCUT2D eigenvalue weighted by molar-refractivity contribution is 0.316. The zero-order valence-electron chi connectivity index (χ0n) is 11.9. The molecule has 1 N–H and O–H groups in total. The fourth-order valence-electron chi connectivity index (χ4n) is 2.07. The zero-order chi connectivity index (χ0) is 14.4. The molecule has 0 fully saturated rings. The number of rotatable bonds is 6. The van der Waals surface area contributed by atoms with Gasteiger partial charge in [-0.3, -0.25) is 0 Å². The number of nitrogens with one attached hydrogen (secondary N) is 1. The maximum Gasteiger partial charge on any atom is 0.124 e. The van der Waals surface area contributed by atoms with Crippen LogP contribution in [0.2, 0.25) is 5.02 Å². The summed E-state index contributed by atoms with van der Waals surface area (Å²) in [5.41, 5.74) is 2.37. The highest BCUT2D eigenvalue weighted by atomic mass is 35.5. The second-order valence-corrected chi connectivity index (χ2v) is 5.21. The monoisotopic (exact) mass is 289 g/mol. The van der Waals surface area contributed by atoms with Crippen molar-refractivity contribution >= 4 is 11.6 Å². The standard InChI is InChI=1S/C17H20ClNO/c1-13(19-2)16-12-15(18)8-9-17(16)20-11-10-14-6-4-3-5-7-14/h3-9,12-13,19H,10-11H2,1-2H3. The molecule has 20 heavy (non-hydrogen) atoms. The summed E-state index contributed by atoms with van der Waals surface area (Å²) >= 11 is 6.06. The highest BCUT2D eigenvalue weighted by Crippen LogP contribution is 2.28. The Kier molecular flexibility index (Phi) is 5.45. The van der Waals surface area contributed by atoms with Gasteiger partial charge >= 0.3 is 0 Å². The number of hydrogen-bond donors (Lipinski definition) is 1. The normalized spacial score (nSPS) is 12.2. The molecular weight excluding hydrogens is 270 g/mol. The van der Waals surface area contributed by atoms with Gasteiger partial charge in [0, 0.05) is 23.0 Å². The summed E-state index contributed by atoms with van der Waals surface area (Å²) in [4.78, 5) is 0. The molecule has 0 saturated heterocycles. The third-order valence-electron chi connectivity index (χ3n) is 3.36. The van der Waals surface area contributed by atoms with Crippen molar-refractivity contribution in [1.29, 1.82) is 0 Å². The van der Waals surface area contributed by atoms with E-state index < -0.39 is 0 Å². The average molecular weight is 290 g/mol. The van der Waals surface area contributed by atoms with Gasteiger partial charge in [-0.05, 0) is 37.7 Å². The van der Waals surface area contributed by atoms with Crippen molar-refractivity contribution in [3.63, 3.8) is 0 Å². The van der Waals surface area contributed by atoms with Crippen LogP contribution in [-0.4, -0.2) is 13.7 Å². The van der Waals surface area contributed by atoms with Crippen LogP contribution in [0.15, 0.2) is 48.5 Å². The van der Waals surface area contributed by atoms with E-state index in [0.717, 1.165) is 22.8 Å². The van der Waals surface area contributed by atoms with Gasteiger partial charge in [0.2, 0.25) is 0 Å². The van der Waals surface area contributed by atoms with Crippen LogP contribution in [0.1, 0.15) is 24.1 Å². The molecular formula is C17H20ClNO. The molecule has 0 amide bonds. The van der Waals surface area contributed by atoms with Crippen molar-refractivity contribution in [2.75, 3.05) is 13.7 Å². The van der Waals surface area contributed by atoms with E-state index in [2.05, 4.69) is 24.4 Å². The van der Waals surface area contributed by atoms with Gasteiger partial charge in [0.15, 0.2) is 0 Å². The molecule has 2 aromatic rings. The van der Waals surface area contributed by atoms with Crippen LogP contribution in [0.25, 0.3) is 0 Å². The SMILES string of the molecule is CNC(C)c1cc(Cl)ccc1OCCc1ccccc1. The second kappa shape index (κ2) is 7.32. The van der Waals surface area contributed by atoms with E-state index >= 15 is 0 Å². The Bertz CT molecular complexity index is 542. The molecule has 2 nitrogen and oxygen atoms in total. The Morgan fingerprint density at radius 3 is 2.60 bits per heavy atom. The third kappa shape index (κ3) is 3.99. The summed E-state index contributed by atoms with van der Waals surface area (Å²) in [5, 5.41) is 3.95. The van der Waals surface area contributed by atoms with Gasteiger partial charge in [0.05, 0.1) is 6.61 Å². The molecule has 106 valence electrons. The molecule has 1 unspecified atom stereocenters. The third-order valence-corrected chi connectivity index (χ3v) is 3.60. The summed E-state index contributed by atoms with van der Waals surface area (Å²) in [6.07, 6.45) is 0.900. The minimum absolute atomic E-state index is 0.209. The average Bonchev–Trinajstić information content (AvgIpc) is 2.49. The van der Waals surface area contributed by atoms with Gasteiger partial charge in [0.25, 0.3) is 0 Å². The molecule has 0 saturated carbocycles. The van der Waals surface area contributed by atoms with Crippen LogP contribution in [0.3, 0.4) is 0 Å². The summed E-state index contributed by atoms with van der Waals surface area (Å²) < 4.78 is 5.92. The van der Waals surface area contributed by atoms with E-state index in [0.29, 0.717) is 6.61 Å². The molecule has 0 aliphatic rings. The summed E-state index contributed by atoms with van der Waals surface area (Å²) in [5.74, 6) is 0.896. The maximum absolute atomic E-state index is 6.06. The molecule has 0 heterocycles. The topological polar surface area (TPSA) is 21.3 Å². The van der Waals surface area contributed by atoms with Crippen molar-refractivity contribution in [3.8, 4) is 5.75 Å². The van der Waals surface area contributed by atoms with Crippen LogP contribution in [0.5, 0.6) is 5.75 Å². The van der Waals surface area contributed by atoms with Crippen LogP contribution in [0.4, 0.5) is 0 Å². The first-order valence-corrected chi connectivity index (χ1v) is 7.22. The summed E-state index contributed by atoms with van der Waals surface area (Å²) in [7, 11) is 1.93. The number of benzene rings is 2. The zero-order valence-corrected chi connectivity index (χ0v) is 12.7. The van der Waals surface area contributed by atoms with E-state index in [-0.39, 0.29) is 6.04 Å². The molecule has 0 radical (unpaired) electrons. The van der Waals surface area contributed by atoms with Crippen LogP contribution >= 0.6 is 11.6 Å². The number of hydrogen-bond acceptors (Lipinski definition) is 2. The smallest absolute Gasteiger partial charge is 0.124 e. The highest BCUT2D eigenvalue weighted by molar-refractivity contribution is 6.30. The Labute approximate surface area is 125 Å². The Hall–Kier alpha value is -1.51. The van der Waals surface area contributed by atoms with Crippen LogP contribution in [0, 0.1) is 0 Å². The second-order valence-electron chi connectivity index (χ2n) is 4.78. The van der Waals surface area contributed by atoms with Gasteiger partial charge < -0.3 is 10.1 Å². The van der Waals surface area contributed by atoms with E-state index in [1.54, 1.807) is 0 Å². The maximum atomic E-state index is 6.06. The lowest BCUT2D eigenvalue weighted by atomic mass is 10.1. The van der Waals surface area contributed by atoms with Crippen molar-refractivity contribution < 1.29 is 4.74 Å². The van der Waals surface area contributed by atoms with Crippen LogP contribution in [-0.2, 0) is 6.42 Å². The highest BCUT2D eigenvalue weighted by Gasteiger charge is 2.10. The first-order valence-electron chi connectivity index (χ1n) is 6.84. The largest absolute Gasteiger partial charge is 0.493 e. The molecule has 3 heteroatoms. The van der Waals surface area contributed by atoms with E-state index in [4.69, 9.17) is 16.3 Å². The van der Waals surface area contributed by atoms with Crippen molar-refractivity contribution in [2.24, 2.45) is 0 Å². The molecule has 0 aliphatic heterocycles.